The molecular weight excluding hydrogens is 481 g/mol. The Kier molecular flexibility index (Phi) is 10.3. The Balaban J connectivity index is 0.00000300. The van der Waals surface area contributed by atoms with Gasteiger partial charge in [0.2, 0.25) is 0 Å². The summed E-state index contributed by atoms with van der Waals surface area (Å²) in [6, 6.07) is 8.75. The molecule has 0 aliphatic carbocycles. The van der Waals surface area contributed by atoms with Crippen molar-refractivity contribution in [1.29, 1.82) is 0 Å². The smallest absolute Gasteiger partial charge is 0.194 e. The Morgan fingerprint density at radius 1 is 1.17 bits per heavy atom. The Bertz CT molecular complexity index is 631. The molecule has 0 radical (unpaired) electrons. The molecule has 0 aromatic heterocycles. The summed E-state index contributed by atoms with van der Waals surface area (Å²) in [5.74, 6) is 1.94. The van der Waals surface area contributed by atoms with Gasteiger partial charge in [0.15, 0.2) is 5.96 Å². The van der Waals surface area contributed by atoms with Crippen LogP contribution < -0.4 is 15.0 Å². The largest absolute Gasteiger partial charge is 0.497 e. The van der Waals surface area contributed by atoms with Crippen molar-refractivity contribution in [2.24, 2.45) is 4.99 Å². The number of ether oxygens (including phenoxy) is 2. The molecule has 1 N–H and O–H groups in total. The fourth-order valence-corrected chi connectivity index (χ4v) is 3.76. The van der Waals surface area contributed by atoms with Crippen molar-refractivity contribution >= 4 is 35.6 Å². The van der Waals surface area contributed by atoms with Crippen molar-refractivity contribution in [3.8, 4) is 5.75 Å². The van der Waals surface area contributed by atoms with Gasteiger partial charge < -0.3 is 24.6 Å². The molecule has 2 heterocycles. The van der Waals surface area contributed by atoms with Crippen LogP contribution in [0.4, 0.5) is 5.69 Å². The van der Waals surface area contributed by atoms with Crippen LogP contribution >= 0.6 is 24.0 Å². The van der Waals surface area contributed by atoms with Gasteiger partial charge >= 0.3 is 0 Å². The van der Waals surface area contributed by atoms with Gasteiger partial charge in [-0.25, -0.2) is 0 Å². The van der Waals surface area contributed by atoms with Crippen LogP contribution in [0.5, 0.6) is 5.75 Å². The second-order valence-electron chi connectivity index (χ2n) is 7.37. The lowest BCUT2D eigenvalue weighted by Gasteiger charge is -2.38. The number of hydrogen-bond acceptors (Lipinski definition) is 5. The summed E-state index contributed by atoms with van der Waals surface area (Å²) < 4.78 is 10.8. The number of hydrogen-bond donors (Lipinski definition) is 1. The number of nitrogens with one attached hydrogen (secondary N) is 1. The number of nitrogens with zero attached hydrogens (tertiary/aromatic N) is 4. The van der Waals surface area contributed by atoms with E-state index >= 15 is 0 Å². The number of aliphatic imine (C=N–C) groups is 1. The molecule has 0 spiro atoms. The van der Waals surface area contributed by atoms with E-state index in [0.29, 0.717) is 6.04 Å². The summed E-state index contributed by atoms with van der Waals surface area (Å²) in [5, 5.41) is 3.48. The van der Waals surface area contributed by atoms with Crippen LogP contribution in [-0.2, 0) is 4.74 Å². The van der Waals surface area contributed by atoms with E-state index in [4.69, 9.17) is 14.5 Å². The van der Waals surface area contributed by atoms with E-state index in [2.05, 4.69) is 52.1 Å². The van der Waals surface area contributed by atoms with Crippen molar-refractivity contribution < 1.29 is 9.47 Å². The SMILES string of the molecule is CCNC(=NCC(C)N1CCOCC1)N1CCN(c2cccc(OC)c2)CC1.I. The molecule has 1 atom stereocenters. The number of rotatable bonds is 6. The first-order valence-electron chi connectivity index (χ1n) is 10.4. The van der Waals surface area contributed by atoms with E-state index in [0.717, 1.165) is 77.3 Å². The summed E-state index contributed by atoms with van der Waals surface area (Å²) in [4.78, 5) is 12.2. The van der Waals surface area contributed by atoms with E-state index in [-0.39, 0.29) is 24.0 Å². The molecule has 0 amide bonds. The Morgan fingerprint density at radius 2 is 1.90 bits per heavy atom. The molecular formula is C21H36IN5O2. The highest BCUT2D eigenvalue weighted by atomic mass is 127. The molecule has 29 heavy (non-hydrogen) atoms. The minimum absolute atomic E-state index is 0. The first-order chi connectivity index (χ1) is 13.7. The van der Waals surface area contributed by atoms with Crippen molar-refractivity contribution in [3.63, 3.8) is 0 Å². The summed E-state index contributed by atoms with van der Waals surface area (Å²) in [5.41, 5.74) is 1.22. The Labute approximate surface area is 192 Å². The zero-order valence-corrected chi connectivity index (χ0v) is 20.3. The van der Waals surface area contributed by atoms with Crippen LogP contribution in [0.2, 0.25) is 0 Å². The van der Waals surface area contributed by atoms with Gasteiger partial charge in [0.1, 0.15) is 5.75 Å². The van der Waals surface area contributed by atoms with Crippen LogP contribution in [-0.4, -0.2) is 94.5 Å². The molecule has 2 saturated heterocycles. The van der Waals surface area contributed by atoms with Crippen molar-refractivity contribution in [3.05, 3.63) is 24.3 Å². The summed E-state index contributed by atoms with van der Waals surface area (Å²) in [7, 11) is 1.72. The zero-order chi connectivity index (χ0) is 19.8. The molecule has 2 aliphatic heterocycles. The monoisotopic (exact) mass is 517 g/mol. The molecule has 2 aliphatic rings. The normalized spacial score (nSPS) is 19.5. The highest BCUT2D eigenvalue weighted by molar-refractivity contribution is 14.0. The van der Waals surface area contributed by atoms with Crippen molar-refractivity contribution in [1.82, 2.24) is 15.1 Å². The fourth-order valence-electron chi connectivity index (χ4n) is 3.76. The highest BCUT2D eigenvalue weighted by Crippen LogP contribution is 2.22. The molecule has 8 heteroatoms. The molecule has 1 aromatic rings. The highest BCUT2D eigenvalue weighted by Gasteiger charge is 2.21. The van der Waals surface area contributed by atoms with Gasteiger partial charge in [-0.1, -0.05) is 6.07 Å². The van der Waals surface area contributed by atoms with E-state index in [1.165, 1.54) is 5.69 Å². The molecule has 164 valence electrons. The second-order valence-corrected chi connectivity index (χ2v) is 7.37. The standard InChI is InChI=1S/C21H35N5O2.HI/c1-4-22-21(23-17-18(2)24-12-14-28-15-13-24)26-10-8-25(9-11-26)19-6-5-7-20(16-19)27-3;/h5-7,16,18H,4,8-15,17H2,1-3H3,(H,22,23);1H. The molecule has 1 unspecified atom stereocenters. The van der Waals surface area contributed by atoms with Gasteiger partial charge in [0.25, 0.3) is 0 Å². The van der Waals surface area contributed by atoms with Crippen molar-refractivity contribution in [2.45, 2.75) is 19.9 Å². The zero-order valence-electron chi connectivity index (χ0n) is 18.0. The molecule has 2 fully saturated rings. The van der Waals surface area contributed by atoms with Crippen molar-refractivity contribution in [2.75, 3.05) is 77.6 Å². The number of morpholine rings is 1. The van der Waals surface area contributed by atoms with Crippen LogP contribution in [0.25, 0.3) is 0 Å². The van der Waals surface area contributed by atoms with Gasteiger partial charge in [-0.05, 0) is 26.0 Å². The van der Waals surface area contributed by atoms with Gasteiger partial charge in [-0.2, -0.15) is 0 Å². The third-order valence-electron chi connectivity index (χ3n) is 5.51. The first kappa shape index (κ1) is 24.0. The van der Waals surface area contributed by atoms with E-state index in [9.17, 15) is 0 Å². The topological polar surface area (TPSA) is 52.6 Å². The predicted molar refractivity (Wildman–Crippen MR) is 130 cm³/mol. The lowest BCUT2D eigenvalue weighted by atomic mass is 10.2. The summed E-state index contributed by atoms with van der Waals surface area (Å²) in [6.07, 6.45) is 0. The maximum absolute atomic E-state index is 5.46. The summed E-state index contributed by atoms with van der Waals surface area (Å²) in [6.45, 7) is 13.7. The van der Waals surface area contributed by atoms with Crippen LogP contribution in [0.15, 0.2) is 29.3 Å². The Morgan fingerprint density at radius 3 is 2.55 bits per heavy atom. The number of methoxy groups -OCH3 is 1. The molecule has 0 bridgehead atoms. The van der Waals surface area contributed by atoms with Gasteiger partial charge in [-0.15, -0.1) is 24.0 Å². The third-order valence-corrected chi connectivity index (χ3v) is 5.51. The second kappa shape index (κ2) is 12.4. The number of anilines is 1. The maximum atomic E-state index is 5.46. The van der Waals surface area contributed by atoms with Gasteiger partial charge in [0, 0.05) is 63.6 Å². The number of benzene rings is 1. The minimum Gasteiger partial charge on any atom is -0.497 e. The molecule has 7 nitrogen and oxygen atoms in total. The number of halogens is 1. The predicted octanol–water partition coefficient (Wildman–Crippen LogP) is 2.12. The van der Waals surface area contributed by atoms with Gasteiger partial charge in [-0.3, -0.25) is 9.89 Å². The van der Waals surface area contributed by atoms with E-state index < -0.39 is 0 Å². The first-order valence-corrected chi connectivity index (χ1v) is 10.4. The fraction of sp³-hybridized carbons (Fsp3) is 0.667. The number of piperazine rings is 1. The third kappa shape index (κ3) is 6.89. The van der Waals surface area contributed by atoms with E-state index in [1.54, 1.807) is 7.11 Å². The average molecular weight is 517 g/mol. The van der Waals surface area contributed by atoms with Crippen LogP contribution in [0, 0.1) is 0 Å². The Hall–Kier alpha value is -1.26. The minimum atomic E-state index is 0. The van der Waals surface area contributed by atoms with E-state index in [1.807, 2.05) is 6.07 Å². The number of guanidine groups is 1. The average Bonchev–Trinajstić information content (AvgIpc) is 2.77. The maximum Gasteiger partial charge on any atom is 0.194 e. The summed E-state index contributed by atoms with van der Waals surface area (Å²) >= 11 is 0. The molecule has 3 rings (SSSR count). The lowest BCUT2D eigenvalue weighted by molar-refractivity contribution is 0.0220. The van der Waals surface area contributed by atoms with Gasteiger partial charge in [0.05, 0.1) is 26.9 Å². The molecule has 1 aromatic carbocycles. The van der Waals surface area contributed by atoms with Crippen LogP contribution in [0.1, 0.15) is 13.8 Å². The quantitative estimate of drug-likeness (QED) is 0.355. The van der Waals surface area contributed by atoms with Crippen LogP contribution in [0.3, 0.4) is 0 Å². The molecule has 0 saturated carbocycles. The lowest BCUT2D eigenvalue weighted by Crippen LogP contribution is -2.53.